The summed E-state index contributed by atoms with van der Waals surface area (Å²) in [4.78, 5) is 0. The molecule has 0 saturated heterocycles. The first kappa shape index (κ1) is 18.3. The van der Waals surface area contributed by atoms with E-state index in [9.17, 15) is 0 Å². The summed E-state index contributed by atoms with van der Waals surface area (Å²) >= 11 is 0. The Kier molecular flexibility index (Phi) is 10.3. The summed E-state index contributed by atoms with van der Waals surface area (Å²) in [6.45, 7) is 9.22. The third kappa shape index (κ3) is 7.15. The summed E-state index contributed by atoms with van der Waals surface area (Å²) in [7, 11) is 0. The van der Waals surface area contributed by atoms with Crippen LogP contribution in [0.15, 0.2) is 12.4 Å². The molecule has 0 fully saturated rings. The van der Waals surface area contributed by atoms with E-state index in [1.807, 2.05) is 0 Å². The summed E-state index contributed by atoms with van der Waals surface area (Å²) < 4.78 is 5.00. The summed E-state index contributed by atoms with van der Waals surface area (Å²) in [5.41, 5.74) is 0. The van der Waals surface area contributed by atoms with Crippen molar-refractivity contribution in [3.63, 3.8) is 0 Å². The van der Waals surface area contributed by atoms with E-state index in [1.54, 1.807) is 5.82 Å². The van der Waals surface area contributed by atoms with E-state index in [0.29, 0.717) is 0 Å². The molecule has 0 radical (unpaired) electrons. The first-order chi connectivity index (χ1) is 10.3. The number of unbranched alkanes of at least 4 members (excludes halogenated alkanes) is 7. The minimum Gasteiger partial charge on any atom is -0.234 e. The Hall–Kier alpha value is -0.790. The van der Waals surface area contributed by atoms with E-state index in [1.165, 1.54) is 83.7 Å². The maximum atomic E-state index is 2.51. The lowest BCUT2D eigenvalue weighted by Gasteiger charge is -2.05. The third-order valence-corrected chi connectivity index (χ3v) is 4.31. The molecule has 0 saturated carbocycles. The number of nitrogens with zero attached hydrogens (tertiary/aromatic N) is 2. The Balaban J connectivity index is 2.44. The van der Waals surface area contributed by atoms with Gasteiger partial charge in [0.2, 0.25) is 0 Å². The summed E-state index contributed by atoms with van der Waals surface area (Å²) in [5, 5.41) is 0. The predicted molar refractivity (Wildman–Crippen MR) is 91.5 cm³/mol. The first-order valence-corrected chi connectivity index (χ1v) is 9.40. The molecular formula is C19H37N2+. The van der Waals surface area contributed by atoms with Crippen LogP contribution >= 0.6 is 0 Å². The second-order valence-corrected chi connectivity index (χ2v) is 6.33. The Morgan fingerprint density at radius 3 is 2.19 bits per heavy atom. The first-order valence-electron chi connectivity index (χ1n) is 9.40. The Bertz CT molecular complexity index is 354. The van der Waals surface area contributed by atoms with Crippen LogP contribution in [0.2, 0.25) is 0 Å². The Labute approximate surface area is 132 Å². The molecule has 0 unspecified atom stereocenters. The van der Waals surface area contributed by atoms with E-state index < -0.39 is 0 Å². The molecule has 1 rings (SSSR count). The quantitative estimate of drug-likeness (QED) is 0.346. The van der Waals surface area contributed by atoms with Gasteiger partial charge < -0.3 is 0 Å². The molecular weight excluding hydrogens is 256 g/mol. The molecule has 0 aliphatic rings. The highest BCUT2D eigenvalue weighted by molar-refractivity contribution is 4.84. The van der Waals surface area contributed by atoms with Gasteiger partial charge in [-0.15, -0.1) is 0 Å². The van der Waals surface area contributed by atoms with E-state index in [4.69, 9.17) is 0 Å². The Morgan fingerprint density at radius 2 is 1.48 bits per heavy atom. The predicted octanol–water partition coefficient (Wildman–Crippen LogP) is 5.28. The number of rotatable bonds is 13. The van der Waals surface area contributed by atoms with Crippen LogP contribution < -0.4 is 4.57 Å². The zero-order valence-electron chi connectivity index (χ0n) is 14.7. The van der Waals surface area contributed by atoms with Gasteiger partial charge in [-0.3, -0.25) is 0 Å². The maximum Gasteiger partial charge on any atom is 0.256 e. The highest BCUT2D eigenvalue weighted by Crippen LogP contribution is 2.10. The lowest BCUT2D eigenvalue weighted by atomic mass is 10.1. The molecule has 0 atom stereocenters. The molecule has 2 heteroatoms. The zero-order valence-corrected chi connectivity index (χ0v) is 14.7. The summed E-state index contributed by atoms with van der Waals surface area (Å²) in [6, 6.07) is 0. The van der Waals surface area contributed by atoms with Gasteiger partial charge in [-0.05, 0) is 25.7 Å². The van der Waals surface area contributed by atoms with Crippen LogP contribution in [-0.4, -0.2) is 4.57 Å². The molecule has 122 valence electrons. The molecule has 2 nitrogen and oxygen atoms in total. The van der Waals surface area contributed by atoms with Crippen LogP contribution in [0.3, 0.4) is 0 Å². The van der Waals surface area contributed by atoms with E-state index in [-0.39, 0.29) is 0 Å². The second-order valence-electron chi connectivity index (χ2n) is 6.33. The third-order valence-electron chi connectivity index (χ3n) is 4.31. The van der Waals surface area contributed by atoms with Gasteiger partial charge in [-0.1, -0.05) is 59.3 Å². The molecule has 1 aromatic rings. The monoisotopic (exact) mass is 293 g/mol. The van der Waals surface area contributed by atoms with Gasteiger partial charge in [-0.2, -0.15) is 0 Å². The van der Waals surface area contributed by atoms with Crippen molar-refractivity contribution in [2.24, 2.45) is 0 Å². The molecule has 0 bridgehead atoms. The van der Waals surface area contributed by atoms with Crippen LogP contribution in [0.5, 0.6) is 0 Å². The van der Waals surface area contributed by atoms with Gasteiger partial charge in [0.25, 0.3) is 5.82 Å². The average molecular weight is 294 g/mol. The normalized spacial score (nSPS) is 11.2. The molecule has 0 aromatic carbocycles. The van der Waals surface area contributed by atoms with Crippen molar-refractivity contribution in [2.45, 2.75) is 104 Å². The molecule has 1 aromatic heterocycles. The van der Waals surface area contributed by atoms with Crippen LogP contribution in [0.4, 0.5) is 0 Å². The second kappa shape index (κ2) is 11.8. The van der Waals surface area contributed by atoms with Gasteiger partial charge in [0.15, 0.2) is 0 Å². The fourth-order valence-electron chi connectivity index (χ4n) is 3.03. The zero-order chi connectivity index (χ0) is 15.3. The average Bonchev–Trinajstić information content (AvgIpc) is 2.86. The van der Waals surface area contributed by atoms with Crippen molar-refractivity contribution in [3.05, 3.63) is 18.2 Å². The smallest absolute Gasteiger partial charge is 0.234 e. The fourth-order valence-corrected chi connectivity index (χ4v) is 3.03. The molecule has 0 aliphatic heterocycles. The minimum absolute atomic E-state index is 1.17. The van der Waals surface area contributed by atoms with Gasteiger partial charge in [-0.25, -0.2) is 9.13 Å². The molecule has 1 heterocycles. The summed E-state index contributed by atoms with van der Waals surface area (Å²) in [6.07, 6.45) is 19.4. The van der Waals surface area contributed by atoms with Crippen molar-refractivity contribution in [1.29, 1.82) is 0 Å². The van der Waals surface area contributed by atoms with Crippen LogP contribution in [0.25, 0.3) is 0 Å². The van der Waals surface area contributed by atoms with Crippen molar-refractivity contribution in [3.8, 4) is 0 Å². The summed E-state index contributed by atoms with van der Waals surface area (Å²) in [5.74, 6) is 1.56. The van der Waals surface area contributed by atoms with Crippen LogP contribution in [0, 0.1) is 0 Å². The number of hydrogen-bond donors (Lipinski definition) is 0. The number of imidazole rings is 1. The topological polar surface area (TPSA) is 8.81 Å². The lowest BCUT2D eigenvalue weighted by molar-refractivity contribution is -0.703. The standard InChI is InChI=1S/C19H37N2/c1-4-7-9-10-11-12-14-19-20(15-6-3)17-18-21(19)16-13-8-5-2/h17-18H,4-16H2,1-3H3/q+1. The molecule has 0 spiro atoms. The number of aromatic nitrogens is 2. The van der Waals surface area contributed by atoms with Crippen molar-refractivity contribution >= 4 is 0 Å². The van der Waals surface area contributed by atoms with Crippen LogP contribution in [0.1, 0.15) is 90.8 Å². The number of aryl methyl sites for hydroxylation is 2. The molecule has 0 N–H and O–H groups in total. The largest absolute Gasteiger partial charge is 0.256 e. The highest BCUT2D eigenvalue weighted by atomic mass is 15.1. The van der Waals surface area contributed by atoms with Crippen LogP contribution in [-0.2, 0) is 19.5 Å². The molecule has 0 amide bonds. The minimum atomic E-state index is 1.17. The Morgan fingerprint density at radius 1 is 0.810 bits per heavy atom. The van der Waals surface area contributed by atoms with E-state index >= 15 is 0 Å². The van der Waals surface area contributed by atoms with Crippen molar-refractivity contribution in [2.75, 3.05) is 0 Å². The van der Waals surface area contributed by atoms with Crippen molar-refractivity contribution in [1.82, 2.24) is 4.57 Å². The lowest BCUT2D eigenvalue weighted by Crippen LogP contribution is -2.37. The number of hydrogen-bond acceptors (Lipinski definition) is 0. The van der Waals surface area contributed by atoms with Gasteiger partial charge >= 0.3 is 0 Å². The van der Waals surface area contributed by atoms with Gasteiger partial charge in [0.1, 0.15) is 12.4 Å². The van der Waals surface area contributed by atoms with Gasteiger partial charge in [0, 0.05) is 6.42 Å². The molecule has 0 aliphatic carbocycles. The van der Waals surface area contributed by atoms with Crippen molar-refractivity contribution < 1.29 is 4.57 Å². The highest BCUT2D eigenvalue weighted by Gasteiger charge is 2.15. The van der Waals surface area contributed by atoms with Gasteiger partial charge in [0.05, 0.1) is 13.1 Å². The fraction of sp³-hybridized carbons (Fsp3) is 0.842. The SMILES string of the molecule is CCCCCCCCc1n(CCCCC)cc[n+]1CCC. The molecule has 21 heavy (non-hydrogen) atoms. The van der Waals surface area contributed by atoms with E-state index in [2.05, 4.69) is 42.3 Å². The maximum absolute atomic E-state index is 2.51. The van der Waals surface area contributed by atoms with E-state index in [0.717, 1.165) is 0 Å².